The summed E-state index contributed by atoms with van der Waals surface area (Å²) in [5.74, 6) is 0.113. The van der Waals surface area contributed by atoms with Crippen LogP contribution < -0.4 is 20.7 Å². The van der Waals surface area contributed by atoms with Crippen molar-refractivity contribution in [3.05, 3.63) is 89.7 Å². The average Bonchev–Trinajstić information content (AvgIpc) is 3.06. The summed E-state index contributed by atoms with van der Waals surface area (Å²) in [6.07, 6.45) is 0.167. The Balaban J connectivity index is 1.28. The maximum atomic E-state index is 13.4. The zero-order chi connectivity index (χ0) is 32.4. The molecule has 5 rings (SSSR count). The van der Waals surface area contributed by atoms with Gasteiger partial charge in [-0.3, -0.25) is 4.79 Å². The van der Waals surface area contributed by atoms with E-state index in [-0.39, 0.29) is 35.2 Å². The van der Waals surface area contributed by atoms with Crippen LogP contribution in [0.25, 0.3) is 11.4 Å². The zero-order valence-electron chi connectivity index (χ0n) is 25.1. The number of ether oxygens (including phenoxy) is 1. The van der Waals surface area contributed by atoms with Crippen molar-refractivity contribution < 1.29 is 27.1 Å². The molecule has 0 bridgehead atoms. The van der Waals surface area contributed by atoms with E-state index < -0.39 is 12.8 Å². The zero-order valence-corrected chi connectivity index (χ0v) is 25.1. The molecule has 46 heavy (non-hydrogen) atoms. The predicted octanol–water partition coefficient (Wildman–Crippen LogP) is 6.58. The maximum Gasteiger partial charge on any atom is 0.422 e. The van der Waals surface area contributed by atoms with Gasteiger partial charge in [0.15, 0.2) is 12.4 Å². The molecule has 3 aromatic carbocycles. The standard InChI is InChI=1S/C33H35F4N7O2/c34-26-14-8-23(9-15-26)21-39-31-41-29(42-32(43-31)40-27-6-4-7-28(20-27)46-22-33(35,36)37)24-10-12-25(13-11-24)30(45)38-16-5-19-44-17-2-1-3-18-44/h4,6-15,20H,1-3,5,16-19,21-22H2,(H,38,45)(H2,39,40,41,42,43). The maximum absolute atomic E-state index is 13.4. The van der Waals surface area contributed by atoms with E-state index in [4.69, 9.17) is 4.74 Å². The summed E-state index contributed by atoms with van der Waals surface area (Å²) >= 11 is 0. The number of amides is 1. The molecule has 1 saturated heterocycles. The first-order chi connectivity index (χ1) is 22.2. The van der Waals surface area contributed by atoms with E-state index in [2.05, 4.69) is 35.8 Å². The van der Waals surface area contributed by atoms with Crippen LogP contribution in [-0.4, -0.2) is 64.7 Å². The Kier molecular flexibility index (Phi) is 11.0. The molecule has 4 aromatic rings. The van der Waals surface area contributed by atoms with Crippen molar-refractivity contribution in [3.8, 4) is 17.1 Å². The number of carbonyl (C=O) groups excluding carboxylic acids is 1. The molecule has 1 fully saturated rings. The first kappa shape index (κ1) is 32.6. The fraction of sp³-hybridized carbons (Fsp3) is 0.333. The average molecular weight is 638 g/mol. The number of nitrogens with one attached hydrogen (secondary N) is 3. The third kappa shape index (κ3) is 10.1. The SMILES string of the molecule is O=C(NCCCN1CCCCC1)c1ccc(-c2nc(NCc3ccc(F)cc3)nc(Nc3cccc(OCC(F)(F)F)c3)n2)cc1. The van der Waals surface area contributed by atoms with Crippen LogP contribution in [0.15, 0.2) is 72.8 Å². The molecule has 3 N–H and O–H groups in total. The number of hydrogen-bond donors (Lipinski definition) is 3. The number of piperidine rings is 1. The molecule has 13 heteroatoms. The van der Waals surface area contributed by atoms with Crippen LogP contribution in [0.4, 0.5) is 35.1 Å². The van der Waals surface area contributed by atoms with Crippen LogP contribution in [-0.2, 0) is 6.54 Å². The number of nitrogens with zero attached hydrogens (tertiary/aromatic N) is 4. The molecule has 0 spiro atoms. The monoisotopic (exact) mass is 637 g/mol. The van der Waals surface area contributed by atoms with Crippen molar-refractivity contribution >= 4 is 23.5 Å². The Morgan fingerprint density at radius 1 is 0.891 bits per heavy atom. The molecule has 1 amide bonds. The number of halogens is 4. The summed E-state index contributed by atoms with van der Waals surface area (Å²) < 4.78 is 56.1. The first-order valence-corrected chi connectivity index (χ1v) is 15.1. The Labute approximate surface area is 264 Å². The smallest absolute Gasteiger partial charge is 0.422 e. The summed E-state index contributed by atoms with van der Waals surface area (Å²) in [5.41, 5.74) is 2.30. The van der Waals surface area contributed by atoms with Gasteiger partial charge in [0.25, 0.3) is 5.91 Å². The lowest BCUT2D eigenvalue weighted by molar-refractivity contribution is -0.153. The summed E-state index contributed by atoms with van der Waals surface area (Å²) in [5, 5.41) is 9.08. The van der Waals surface area contributed by atoms with E-state index in [9.17, 15) is 22.4 Å². The van der Waals surface area contributed by atoms with Crippen molar-refractivity contribution in [2.45, 2.75) is 38.4 Å². The molecule has 1 aromatic heterocycles. The number of anilines is 3. The Morgan fingerprint density at radius 2 is 1.63 bits per heavy atom. The fourth-order valence-corrected chi connectivity index (χ4v) is 4.94. The predicted molar refractivity (Wildman–Crippen MR) is 168 cm³/mol. The van der Waals surface area contributed by atoms with Crippen molar-refractivity contribution in [3.63, 3.8) is 0 Å². The normalized spacial score (nSPS) is 13.7. The molecule has 1 aliphatic rings. The second kappa shape index (κ2) is 15.5. The van der Waals surface area contributed by atoms with Crippen LogP contribution in [0.5, 0.6) is 5.75 Å². The molecular weight excluding hydrogens is 602 g/mol. The molecule has 9 nitrogen and oxygen atoms in total. The summed E-state index contributed by atoms with van der Waals surface area (Å²) in [4.78, 5) is 28.6. The van der Waals surface area contributed by atoms with Crippen LogP contribution in [0.1, 0.15) is 41.6 Å². The van der Waals surface area contributed by atoms with Gasteiger partial charge in [0.1, 0.15) is 11.6 Å². The third-order valence-electron chi connectivity index (χ3n) is 7.28. The minimum Gasteiger partial charge on any atom is -0.484 e. The highest BCUT2D eigenvalue weighted by Gasteiger charge is 2.28. The lowest BCUT2D eigenvalue weighted by atomic mass is 10.1. The number of hydrogen-bond acceptors (Lipinski definition) is 8. The summed E-state index contributed by atoms with van der Waals surface area (Å²) in [6, 6.07) is 18.8. The molecule has 0 saturated carbocycles. The minimum atomic E-state index is -4.47. The van der Waals surface area contributed by atoms with Gasteiger partial charge in [-0.1, -0.05) is 36.8 Å². The number of likely N-dealkylation sites (tertiary alicyclic amines) is 1. The van der Waals surface area contributed by atoms with E-state index in [0.717, 1.165) is 31.6 Å². The van der Waals surface area contributed by atoms with E-state index in [1.807, 2.05) is 0 Å². The van der Waals surface area contributed by atoms with E-state index in [0.29, 0.717) is 29.9 Å². The van der Waals surface area contributed by atoms with Crippen LogP contribution in [0, 0.1) is 5.82 Å². The van der Waals surface area contributed by atoms with Gasteiger partial charge in [0.2, 0.25) is 11.9 Å². The minimum absolute atomic E-state index is 0.0200. The van der Waals surface area contributed by atoms with Crippen molar-refractivity contribution in [1.29, 1.82) is 0 Å². The molecule has 0 radical (unpaired) electrons. The highest BCUT2D eigenvalue weighted by molar-refractivity contribution is 5.94. The van der Waals surface area contributed by atoms with Gasteiger partial charge in [-0.05, 0) is 80.9 Å². The van der Waals surface area contributed by atoms with Gasteiger partial charge in [-0.2, -0.15) is 28.1 Å². The summed E-state index contributed by atoms with van der Waals surface area (Å²) in [7, 11) is 0. The van der Waals surface area contributed by atoms with Gasteiger partial charge < -0.3 is 25.6 Å². The Hall–Kier alpha value is -4.78. The first-order valence-electron chi connectivity index (χ1n) is 15.1. The largest absolute Gasteiger partial charge is 0.484 e. The number of benzene rings is 3. The Bertz CT molecular complexity index is 1580. The van der Waals surface area contributed by atoms with Gasteiger partial charge in [-0.25, -0.2) is 4.39 Å². The molecule has 0 aliphatic carbocycles. The van der Waals surface area contributed by atoms with Gasteiger partial charge in [0.05, 0.1) is 0 Å². The van der Waals surface area contributed by atoms with Crippen molar-refractivity contribution in [2.75, 3.05) is 43.4 Å². The molecule has 1 aliphatic heterocycles. The quantitative estimate of drug-likeness (QED) is 0.112. The topological polar surface area (TPSA) is 104 Å². The van der Waals surface area contributed by atoms with Gasteiger partial charge in [-0.15, -0.1) is 0 Å². The molecule has 0 atom stereocenters. The molecule has 0 unspecified atom stereocenters. The number of carbonyl (C=O) groups is 1. The van der Waals surface area contributed by atoms with Crippen LogP contribution in [0.3, 0.4) is 0 Å². The number of alkyl halides is 3. The van der Waals surface area contributed by atoms with E-state index >= 15 is 0 Å². The Morgan fingerprint density at radius 3 is 2.37 bits per heavy atom. The molecular formula is C33H35F4N7O2. The van der Waals surface area contributed by atoms with Crippen LogP contribution >= 0.6 is 0 Å². The van der Waals surface area contributed by atoms with Crippen molar-refractivity contribution in [2.24, 2.45) is 0 Å². The highest BCUT2D eigenvalue weighted by atomic mass is 19.4. The second-order valence-electron chi connectivity index (χ2n) is 10.9. The van der Waals surface area contributed by atoms with Crippen LogP contribution in [0.2, 0.25) is 0 Å². The van der Waals surface area contributed by atoms with Crippen molar-refractivity contribution in [1.82, 2.24) is 25.2 Å². The van der Waals surface area contributed by atoms with E-state index in [1.165, 1.54) is 43.5 Å². The number of rotatable bonds is 13. The van der Waals surface area contributed by atoms with E-state index in [1.54, 1.807) is 48.5 Å². The third-order valence-corrected chi connectivity index (χ3v) is 7.28. The highest BCUT2D eigenvalue weighted by Crippen LogP contribution is 2.25. The van der Waals surface area contributed by atoms with Gasteiger partial charge >= 0.3 is 6.18 Å². The molecule has 2 heterocycles. The lowest BCUT2D eigenvalue weighted by Crippen LogP contribution is -2.33. The van der Waals surface area contributed by atoms with Gasteiger partial charge in [0, 0.05) is 36.0 Å². The fourth-order valence-electron chi connectivity index (χ4n) is 4.94. The lowest BCUT2D eigenvalue weighted by Gasteiger charge is -2.26. The molecule has 242 valence electrons. The number of aromatic nitrogens is 3. The second-order valence-corrected chi connectivity index (χ2v) is 10.9. The summed E-state index contributed by atoms with van der Waals surface area (Å²) in [6.45, 7) is 2.67.